The number of nitrogens with one attached hydrogen (secondary N) is 1. The molecule has 20 heavy (non-hydrogen) atoms. The molecule has 2 rings (SSSR count). The van der Waals surface area contributed by atoms with Crippen molar-refractivity contribution in [3.8, 4) is 11.5 Å². The first-order valence-corrected chi connectivity index (χ1v) is 7.15. The van der Waals surface area contributed by atoms with E-state index in [1.807, 2.05) is 19.2 Å². The molecule has 0 radical (unpaired) electrons. The lowest BCUT2D eigenvalue weighted by atomic mass is 10.1. The molecule has 0 spiro atoms. The van der Waals surface area contributed by atoms with E-state index < -0.39 is 0 Å². The predicted molar refractivity (Wildman–Crippen MR) is 82.9 cm³/mol. The van der Waals surface area contributed by atoms with Gasteiger partial charge < -0.3 is 10.1 Å². The summed E-state index contributed by atoms with van der Waals surface area (Å²) in [6.45, 7) is 2.11. The van der Waals surface area contributed by atoms with Gasteiger partial charge in [0.15, 0.2) is 0 Å². The molecule has 106 valence electrons. The Morgan fingerprint density at radius 3 is 2.65 bits per heavy atom. The number of nitrogens with zero attached hydrogens (tertiary/aromatic N) is 1. The molecule has 0 amide bonds. The monoisotopic (exact) mass is 310 g/mol. The standard InChI is InChI=1S/C15H16Cl2N2O/c1-3-13(18-2)14-7-5-11(9-19-14)20-15-8-10(16)4-6-12(15)17/h4-9,13,18H,3H2,1-2H3. The minimum absolute atomic E-state index is 0.249. The second kappa shape index (κ2) is 6.93. The maximum absolute atomic E-state index is 6.06. The molecule has 0 bridgehead atoms. The Hall–Kier alpha value is -1.29. The summed E-state index contributed by atoms with van der Waals surface area (Å²) in [6, 6.07) is 9.17. The average molecular weight is 311 g/mol. The first-order valence-electron chi connectivity index (χ1n) is 6.40. The van der Waals surface area contributed by atoms with Gasteiger partial charge in [-0.15, -0.1) is 0 Å². The van der Waals surface area contributed by atoms with Gasteiger partial charge >= 0.3 is 0 Å². The molecule has 0 aliphatic heterocycles. The van der Waals surface area contributed by atoms with Crippen LogP contribution >= 0.6 is 23.2 Å². The van der Waals surface area contributed by atoms with Gasteiger partial charge in [0.25, 0.3) is 0 Å². The van der Waals surface area contributed by atoms with E-state index in [9.17, 15) is 0 Å². The van der Waals surface area contributed by atoms with Gasteiger partial charge in [0, 0.05) is 17.1 Å². The number of halogens is 2. The van der Waals surface area contributed by atoms with Gasteiger partial charge in [-0.3, -0.25) is 4.98 Å². The quantitative estimate of drug-likeness (QED) is 0.857. The molecule has 1 unspecified atom stereocenters. The molecule has 1 N–H and O–H groups in total. The van der Waals surface area contributed by atoms with Crippen LogP contribution in [0.25, 0.3) is 0 Å². The lowest BCUT2D eigenvalue weighted by Gasteiger charge is -2.14. The van der Waals surface area contributed by atoms with Gasteiger partial charge in [-0.05, 0) is 37.7 Å². The number of hydrogen-bond acceptors (Lipinski definition) is 3. The van der Waals surface area contributed by atoms with E-state index >= 15 is 0 Å². The molecule has 5 heteroatoms. The molecule has 3 nitrogen and oxygen atoms in total. The fraction of sp³-hybridized carbons (Fsp3) is 0.267. The summed E-state index contributed by atoms with van der Waals surface area (Å²) >= 11 is 12.0. The number of aromatic nitrogens is 1. The fourth-order valence-corrected chi connectivity index (χ4v) is 2.22. The summed E-state index contributed by atoms with van der Waals surface area (Å²) in [5, 5.41) is 4.30. The van der Waals surface area contributed by atoms with Crippen LogP contribution < -0.4 is 10.1 Å². The number of rotatable bonds is 5. The van der Waals surface area contributed by atoms with Crippen molar-refractivity contribution in [2.75, 3.05) is 7.05 Å². The molecule has 0 fully saturated rings. The summed E-state index contributed by atoms with van der Waals surface area (Å²) in [5.41, 5.74) is 0.986. The van der Waals surface area contributed by atoms with E-state index in [4.69, 9.17) is 27.9 Å². The van der Waals surface area contributed by atoms with E-state index in [-0.39, 0.29) is 6.04 Å². The highest BCUT2D eigenvalue weighted by molar-refractivity contribution is 6.34. The van der Waals surface area contributed by atoms with Crippen molar-refractivity contribution >= 4 is 23.2 Å². The van der Waals surface area contributed by atoms with Gasteiger partial charge in [-0.1, -0.05) is 30.1 Å². The maximum atomic E-state index is 6.06. The summed E-state index contributed by atoms with van der Waals surface area (Å²) in [5.74, 6) is 1.15. The van der Waals surface area contributed by atoms with Gasteiger partial charge in [0.2, 0.25) is 0 Å². The van der Waals surface area contributed by atoms with Crippen molar-refractivity contribution in [3.05, 3.63) is 52.3 Å². The summed E-state index contributed by atoms with van der Waals surface area (Å²) < 4.78 is 5.69. The van der Waals surface area contributed by atoms with Crippen molar-refractivity contribution in [1.29, 1.82) is 0 Å². The van der Waals surface area contributed by atoms with Gasteiger partial charge in [0.05, 0.1) is 16.9 Å². The van der Waals surface area contributed by atoms with E-state index in [0.29, 0.717) is 21.5 Å². The Morgan fingerprint density at radius 2 is 2.05 bits per heavy atom. The predicted octanol–water partition coefficient (Wildman–Crippen LogP) is 4.85. The molecule has 0 saturated heterocycles. The highest BCUT2D eigenvalue weighted by Crippen LogP contribution is 2.31. The third-order valence-corrected chi connectivity index (χ3v) is 3.54. The zero-order chi connectivity index (χ0) is 14.5. The lowest BCUT2D eigenvalue weighted by Crippen LogP contribution is -2.16. The molecule has 0 saturated carbocycles. The first kappa shape index (κ1) is 15.1. The summed E-state index contributed by atoms with van der Waals surface area (Å²) in [6.07, 6.45) is 2.66. The Labute approximate surface area is 128 Å². The molecule has 1 heterocycles. The fourth-order valence-electron chi connectivity index (χ4n) is 1.90. The molecular formula is C15H16Cl2N2O. The van der Waals surface area contributed by atoms with E-state index in [1.54, 1.807) is 24.4 Å². The van der Waals surface area contributed by atoms with Crippen LogP contribution in [-0.4, -0.2) is 12.0 Å². The zero-order valence-corrected chi connectivity index (χ0v) is 12.9. The topological polar surface area (TPSA) is 34.1 Å². The van der Waals surface area contributed by atoms with Crippen LogP contribution in [0.4, 0.5) is 0 Å². The number of benzene rings is 1. The number of pyridine rings is 1. The Kier molecular flexibility index (Phi) is 5.24. The molecule has 0 aliphatic rings. The molecule has 1 aromatic heterocycles. The molecule has 0 aliphatic carbocycles. The van der Waals surface area contributed by atoms with Crippen molar-refractivity contribution in [2.24, 2.45) is 0 Å². The van der Waals surface area contributed by atoms with E-state index in [0.717, 1.165) is 12.1 Å². The van der Waals surface area contributed by atoms with Crippen molar-refractivity contribution < 1.29 is 4.74 Å². The summed E-state index contributed by atoms with van der Waals surface area (Å²) in [4.78, 5) is 4.41. The van der Waals surface area contributed by atoms with Crippen LogP contribution in [0.3, 0.4) is 0 Å². The van der Waals surface area contributed by atoms with Crippen LogP contribution in [0, 0.1) is 0 Å². The van der Waals surface area contributed by atoms with Crippen LogP contribution in [0.2, 0.25) is 10.0 Å². The van der Waals surface area contributed by atoms with Crippen molar-refractivity contribution in [1.82, 2.24) is 10.3 Å². The Bertz CT molecular complexity index is 569. The largest absolute Gasteiger partial charge is 0.454 e. The van der Waals surface area contributed by atoms with Gasteiger partial charge in [-0.25, -0.2) is 0 Å². The molecule has 1 atom stereocenters. The number of ether oxygens (including phenoxy) is 1. The Balaban J connectivity index is 2.16. The first-order chi connectivity index (χ1) is 9.63. The SMILES string of the molecule is CCC(NC)c1ccc(Oc2cc(Cl)ccc2Cl)cn1. The molecular weight excluding hydrogens is 295 g/mol. The van der Waals surface area contributed by atoms with Crippen LogP contribution in [0.15, 0.2) is 36.5 Å². The van der Waals surface area contributed by atoms with E-state index in [1.165, 1.54) is 0 Å². The minimum atomic E-state index is 0.249. The molecule has 2 aromatic rings. The smallest absolute Gasteiger partial charge is 0.147 e. The second-order valence-electron chi connectivity index (χ2n) is 4.35. The number of hydrogen-bond donors (Lipinski definition) is 1. The van der Waals surface area contributed by atoms with Crippen molar-refractivity contribution in [3.63, 3.8) is 0 Å². The van der Waals surface area contributed by atoms with Crippen LogP contribution in [0.1, 0.15) is 25.1 Å². The second-order valence-corrected chi connectivity index (χ2v) is 5.19. The lowest BCUT2D eigenvalue weighted by molar-refractivity contribution is 0.477. The normalized spacial score (nSPS) is 12.2. The average Bonchev–Trinajstić information content (AvgIpc) is 2.46. The van der Waals surface area contributed by atoms with Crippen LogP contribution in [0.5, 0.6) is 11.5 Å². The highest BCUT2D eigenvalue weighted by Gasteiger charge is 2.09. The van der Waals surface area contributed by atoms with E-state index in [2.05, 4.69) is 17.2 Å². The minimum Gasteiger partial charge on any atom is -0.454 e. The highest BCUT2D eigenvalue weighted by atomic mass is 35.5. The third kappa shape index (κ3) is 3.63. The zero-order valence-electron chi connectivity index (χ0n) is 11.4. The van der Waals surface area contributed by atoms with Crippen molar-refractivity contribution in [2.45, 2.75) is 19.4 Å². The van der Waals surface area contributed by atoms with Gasteiger partial charge in [0.1, 0.15) is 11.5 Å². The maximum Gasteiger partial charge on any atom is 0.147 e. The third-order valence-electron chi connectivity index (χ3n) is 2.99. The van der Waals surface area contributed by atoms with Gasteiger partial charge in [-0.2, -0.15) is 0 Å². The van der Waals surface area contributed by atoms with Crippen LogP contribution in [-0.2, 0) is 0 Å². The Morgan fingerprint density at radius 1 is 1.25 bits per heavy atom. The molecule has 1 aromatic carbocycles. The summed E-state index contributed by atoms with van der Waals surface area (Å²) in [7, 11) is 1.92.